The summed E-state index contributed by atoms with van der Waals surface area (Å²) in [6, 6.07) is 9.73. The van der Waals surface area contributed by atoms with Gasteiger partial charge in [-0.3, -0.25) is 28.0 Å². The van der Waals surface area contributed by atoms with Crippen LogP contribution in [0.25, 0.3) is 16.6 Å². The van der Waals surface area contributed by atoms with Crippen molar-refractivity contribution < 1.29 is 12.8 Å². The second kappa shape index (κ2) is 9.28. The fraction of sp³-hybridized carbons (Fsp3) is 0.222. The maximum atomic E-state index is 14.9. The number of aryl methyl sites for hydroxylation is 1. The maximum Gasteiger partial charge on any atom is 0.336 e. The van der Waals surface area contributed by atoms with Gasteiger partial charge >= 0.3 is 5.69 Å². The third kappa shape index (κ3) is 4.61. The first-order chi connectivity index (χ1) is 18.4. The van der Waals surface area contributed by atoms with E-state index in [9.17, 15) is 27.2 Å². The van der Waals surface area contributed by atoms with Gasteiger partial charge in [0, 0.05) is 29.9 Å². The van der Waals surface area contributed by atoms with E-state index < -0.39 is 32.6 Å². The highest BCUT2D eigenvalue weighted by atomic mass is 32.2. The molecule has 2 aromatic heterocycles. The normalized spacial score (nSPS) is 13.3. The first-order valence-electron chi connectivity index (χ1n) is 11.9. The van der Waals surface area contributed by atoms with E-state index in [1.165, 1.54) is 59.5 Å². The molecule has 0 saturated heterocycles. The van der Waals surface area contributed by atoms with E-state index in [-0.39, 0.29) is 39.7 Å². The van der Waals surface area contributed by atoms with Crippen molar-refractivity contribution in [2.24, 2.45) is 7.05 Å². The van der Waals surface area contributed by atoms with Gasteiger partial charge in [-0.2, -0.15) is 0 Å². The van der Waals surface area contributed by atoms with Crippen molar-refractivity contribution in [2.45, 2.75) is 25.8 Å². The van der Waals surface area contributed by atoms with E-state index in [4.69, 9.17) is 6.42 Å². The largest absolute Gasteiger partial charge is 0.338 e. The average molecular weight is 550 g/mol. The van der Waals surface area contributed by atoms with Crippen LogP contribution in [0.5, 0.6) is 0 Å². The molecule has 200 valence electrons. The molecule has 4 aromatic rings. The van der Waals surface area contributed by atoms with Crippen molar-refractivity contribution in [3.8, 4) is 18.0 Å². The van der Waals surface area contributed by atoms with Gasteiger partial charge in [-0.25, -0.2) is 17.6 Å². The number of benzene rings is 2. The highest BCUT2D eigenvalue weighted by Crippen LogP contribution is 2.34. The monoisotopic (exact) mass is 549 g/mol. The van der Waals surface area contributed by atoms with E-state index in [2.05, 4.69) is 16.0 Å². The number of hydrogen-bond donors (Lipinski definition) is 2. The van der Waals surface area contributed by atoms with Crippen molar-refractivity contribution in [3.05, 3.63) is 90.6 Å². The lowest BCUT2D eigenvalue weighted by Gasteiger charge is -2.20. The maximum absolute atomic E-state index is 14.9. The lowest BCUT2D eigenvalue weighted by atomic mass is 10.1. The molecule has 1 aliphatic rings. The Kier molecular flexibility index (Phi) is 6.19. The van der Waals surface area contributed by atoms with Gasteiger partial charge in [0.1, 0.15) is 17.0 Å². The summed E-state index contributed by atoms with van der Waals surface area (Å²) >= 11 is 0. The van der Waals surface area contributed by atoms with E-state index in [0.717, 1.165) is 16.9 Å². The number of halogens is 1. The molecule has 2 heterocycles. The zero-order valence-corrected chi connectivity index (χ0v) is 22.1. The van der Waals surface area contributed by atoms with Crippen LogP contribution in [0.1, 0.15) is 30.0 Å². The summed E-state index contributed by atoms with van der Waals surface area (Å²) in [7, 11) is -2.08. The van der Waals surface area contributed by atoms with Gasteiger partial charge in [0.2, 0.25) is 10.0 Å². The van der Waals surface area contributed by atoms with E-state index >= 15 is 0 Å². The summed E-state index contributed by atoms with van der Waals surface area (Å²) in [5.74, 6) is 1.68. The molecular formula is C27H24FN5O5S. The third-order valence-electron chi connectivity index (χ3n) is 6.57. The molecular weight excluding hydrogens is 525 g/mol. The quantitative estimate of drug-likeness (QED) is 0.357. The molecule has 5 rings (SSSR count). The van der Waals surface area contributed by atoms with Gasteiger partial charge in [-0.1, -0.05) is 5.92 Å². The van der Waals surface area contributed by atoms with Gasteiger partial charge in [0.05, 0.1) is 23.1 Å². The first kappa shape index (κ1) is 26.0. The topological polar surface area (TPSA) is 124 Å². The minimum atomic E-state index is -3.53. The van der Waals surface area contributed by atoms with Crippen LogP contribution in [0.4, 0.5) is 21.6 Å². The number of anilines is 3. The minimum Gasteiger partial charge on any atom is -0.338 e. The summed E-state index contributed by atoms with van der Waals surface area (Å²) in [6.45, 7) is 1.51. The number of aromatic nitrogens is 3. The van der Waals surface area contributed by atoms with Crippen LogP contribution in [-0.4, -0.2) is 28.4 Å². The molecule has 10 nitrogen and oxygen atoms in total. The number of fused-ring (bicyclic) bond motifs is 1. The van der Waals surface area contributed by atoms with Gasteiger partial charge in [-0.15, -0.1) is 6.42 Å². The summed E-state index contributed by atoms with van der Waals surface area (Å²) in [5, 5.41) is 2.90. The first-order valence-corrected chi connectivity index (χ1v) is 13.8. The minimum absolute atomic E-state index is 0.0106. The molecule has 12 heteroatoms. The van der Waals surface area contributed by atoms with E-state index in [1.54, 1.807) is 0 Å². The highest BCUT2D eigenvalue weighted by molar-refractivity contribution is 7.92. The van der Waals surface area contributed by atoms with Crippen molar-refractivity contribution >= 4 is 38.1 Å². The van der Waals surface area contributed by atoms with Gasteiger partial charge in [-0.05, 0) is 62.2 Å². The van der Waals surface area contributed by atoms with Crippen LogP contribution in [0, 0.1) is 25.1 Å². The molecule has 0 atom stereocenters. The predicted molar refractivity (Wildman–Crippen MR) is 148 cm³/mol. The molecule has 2 N–H and O–H groups in total. The Morgan fingerprint density at radius 1 is 1.05 bits per heavy atom. The number of rotatable bonds is 6. The van der Waals surface area contributed by atoms with Crippen molar-refractivity contribution in [3.63, 3.8) is 0 Å². The summed E-state index contributed by atoms with van der Waals surface area (Å²) in [5.41, 5.74) is -0.650. The second-order valence-electron chi connectivity index (χ2n) is 9.47. The van der Waals surface area contributed by atoms with Crippen molar-refractivity contribution in [1.29, 1.82) is 0 Å². The molecule has 0 spiro atoms. The van der Waals surface area contributed by atoms with E-state index in [0.29, 0.717) is 24.1 Å². The standard InChI is InChI=1S/C27H24FN5O5S/c1-5-16-6-13-21(20(28)14-16)29-24-22-23(15(2)25(34)31(24)3)32(27(36)33(26(22)35)19-11-12-19)18-9-7-17(8-10-18)30-39(4,37)38/h1,6-10,13-14,19,29-30H,11-12H2,2-4H3. The van der Waals surface area contributed by atoms with Crippen LogP contribution in [-0.2, 0) is 17.1 Å². The van der Waals surface area contributed by atoms with Gasteiger partial charge in [0.25, 0.3) is 11.1 Å². The summed E-state index contributed by atoms with van der Waals surface area (Å²) < 4.78 is 44.1. The Labute approximate surface area is 222 Å². The van der Waals surface area contributed by atoms with Gasteiger partial charge in [0.15, 0.2) is 0 Å². The Morgan fingerprint density at radius 2 is 1.72 bits per heavy atom. The molecule has 0 amide bonds. The molecule has 1 aliphatic carbocycles. The molecule has 0 bridgehead atoms. The second-order valence-corrected chi connectivity index (χ2v) is 11.2. The number of pyridine rings is 1. The summed E-state index contributed by atoms with van der Waals surface area (Å²) in [4.78, 5) is 40.9. The van der Waals surface area contributed by atoms with Gasteiger partial charge < -0.3 is 5.32 Å². The Hall–Kier alpha value is -4.63. The Bertz CT molecular complexity index is 2000. The average Bonchev–Trinajstić information content (AvgIpc) is 3.71. The number of sulfonamides is 1. The predicted octanol–water partition coefficient (Wildman–Crippen LogP) is 2.73. The number of nitrogens with zero attached hydrogens (tertiary/aromatic N) is 3. The van der Waals surface area contributed by atoms with Crippen LogP contribution in [0.15, 0.2) is 56.8 Å². The van der Waals surface area contributed by atoms with Crippen molar-refractivity contribution in [2.75, 3.05) is 16.3 Å². The molecule has 39 heavy (non-hydrogen) atoms. The van der Waals surface area contributed by atoms with E-state index in [1.807, 2.05) is 0 Å². The molecule has 0 unspecified atom stereocenters. The summed E-state index contributed by atoms with van der Waals surface area (Å²) in [6.07, 6.45) is 7.64. The third-order valence-corrected chi connectivity index (χ3v) is 7.18. The fourth-order valence-electron chi connectivity index (χ4n) is 4.58. The highest BCUT2D eigenvalue weighted by Gasteiger charge is 2.31. The zero-order valence-electron chi connectivity index (χ0n) is 21.3. The van der Waals surface area contributed by atoms with Crippen molar-refractivity contribution in [1.82, 2.24) is 13.7 Å². The van der Waals surface area contributed by atoms with Crippen LogP contribution < -0.4 is 26.8 Å². The Balaban J connectivity index is 1.84. The SMILES string of the molecule is C#Cc1ccc(Nc2c3c(=O)n(C4CC4)c(=O)n(-c4ccc(NS(C)(=O)=O)cc4)c3c(C)c(=O)n2C)c(F)c1. The van der Waals surface area contributed by atoms with Crippen LogP contribution >= 0.6 is 0 Å². The smallest absolute Gasteiger partial charge is 0.336 e. The number of nitrogens with one attached hydrogen (secondary N) is 2. The molecule has 0 aliphatic heterocycles. The Morgan fingerprint density at radius 3 is 2.28 bits per heavy atom. The molecule has 0 radical (unpaired) electrons. The van der Waals surface area contributed by atoms with Crippen LogP contribution in [0.3, 0.4) is 0 Å². The molecule has 1 saturated carbocycles. The van der Waals surface area contributed by atoms with Crippen LogP contribution in [0.2, 0.25) is 0 Å². The lowest BCUT2D eigenvalue weighted by Crippen LogP contribution is -2.41. The fourth-order valence-corrected chi connectivity index (χ4v) is 5.15. The zero-order chi connectivity index (χ0) is 28.2. The molecule has 2 aromatic carbocycles. The molecule has 1 fully saturated rings. The number of terminal acetylenes is 1. The lowest BCUT2D eigenvalue weighted by molar-refractivity contribution is 0.607. The number of hydrogen-bond acceptors (Lipinski definition) is 6.